The maximum Gasteiger partial charge on any atom is 0.303 e. The van der Waals surface area contributed by atoms with Gasteiger partial charge >= 0.3 is 5.97 Å². The maximum absolute atomic E-state index is 10.5. The molecule has 0 saturated carbocycles. The van der Waals surface area contributed by atoms with Crippen LogP contribution in [0.1, 0.15) is 73.1 Å². The molecular weight excluding hydrogens is 236 g/mol. The van der Waals surface area contributed by atoms with Crippen LogP contribution in [0.25, 0.3) is 0 Å². The van der Waals surface area contributed by atoms with Gasteiger partial charge in [0.05, 0.1) is 0 Å². The van der Waals surface area contributed by atoms with Gasteiger partial charge in [0.15, 0.2) is 0 Å². The van der Waals surface area contributed by atoms with Gasteiger partial charge in [-0.15, -0.1) is 0 Å². The second-order valence-electron chi connectivity index (χ2n) is 6.67. The minimum atomic E-state index is -0.679. The fourth-order valence-corrected chi connectivity index (χ4v) is 1.95. The van der Waals surface area contributed by atoms with Crippen LogP contribution in [0.2, 0.25) is 0 Å². The minimum Gasteiger partial charge on any atom is -0.481 e. The molecule has 0 fully saturated rings. The van der Waals surface area contributed by atoms with Gasteiger partial charge in [-0.2, -0.15) is 0 Å². The van der Waals surface area contributed by atoms with E-state index in [1.54, 1.807) is 0 Å². The predicted octanol–water partition coefficient (Wildman–Crippen LogP) is 5.29. The molecule has 0 aromatic heterocycles. The molecule has 0 unspecified atom stereocenters. The Morgan fingerprint density at radius 3 is 2.37 bits per heavy atom. The van der Waals surface area contributed by atoms with Crippen molar-refractivity contribution in [2.45, 2.75) is 73.1 Å². The molecule has 2 nitrogen and oxygen atoms in total. The number of allylic oxidation sites excluding steroid dienone is 2. The summed E-state index contributed by atoms with van der Waals surface area (Å²) in [5.74, 6) is 0.555. The highest BCUT2D eigenvalue weighted by Gasteiger charge is 2.13. The SMILES string of the molecule is CCC(C)(C)C/C=C\C[C@@H](C)[C@@H](C)CCCC(=O)O. The van der Waals surface area contributed by atoms with Crippen molar-refractivity contribution in [1.82, 2.24) is 0 Å². The van der Waals surface area contributed by atoms with Crippen molar-refractivity contribution >= 4 is 5.97 Å². The van der Waals surface area contributed by atoms with Gasteiger partial charge in [-0.25, -0.2) is 0 Å². The summed E-state index contributed by atoms with van der Waals surface area (Å²) in [7, 11) is 0. The van der Waals surface area contributed by atoms with Crippen molar-refractivity contribution < 1.29 is 9.90 Å². The summed E-state index contributed by atoms with van der Waals surface area (Å²) in [6.45, 7) is 11.3. The third-order valence-corrected chi connectivity index (χ3v) is 4.32. The van der Waals surface area contributed by atoms with Gasteiger partial charge in [0.1, 0.15) is 0 Å². The van der Waals surface area contributed by atoms with E-state index >= 15 is 0 Å². The maximum atomic E-state index is 10.5. The fourth-order valence-electron chi connectivity index (χ4n) is 1.95. The first-order valence-corrected chi connectivity index (χ1v) is 7.65. The smallest absolute Gasteiger partial charge is 0.303 e. The van der Waals surface area contributed by atoms with Gasteiger partial charge in [-0.1, -0.05) is 53.2 Å². The predicted molar refractivity (Wildman–Crippen MR) is 82.3 cm³/mol. The molecule has 0 aliphatic carbocycles. The van der Waals surface area contributed by atoms with Crippen molar-refractivity contribution in [2.75, 3.05) is 0 Å². The van der Waals surface area contributed by atoms with Crippen molar-refractivity contribution in [3.05, 3.63) is 12.2 Å². The van der Waals surface area contributed by atoms with Gasteiger partial charge in [-0.05, 0) is 42.9 Å². The normalized spacial score (nSPS) is 15.6. The summed E-state index contributed by atoms with van der Waals surface area (Å²) >= 11 is 0. The Morgan fingerprint density at radius 1 is 1.21 bits per heavy atom. The molecule has 0 aromatic carbocycles. The zero-order chi connectivity index (χ0) is 14.9. The number of carbonyl (C=O) groups is 1. The van der Waals surface area contributed by atoms with Crippen molar-refractivity contribution in [1.29, 1.82) is 0 Å². The molecule has 0 aliphatic rings. The lowest BCUT2D eigenvalue weighted by molar-refractivity contribution is -0.137. The molecule has 0 bridgehead atoms. The van der Waals surface area contributed by atoms with Crippen LogP contribution in [0.5, 0.6) is 0 Å². The summed E-state index contributed by atoms with van der Waals surface area (Å²) in [5.41, 5.74) is 0.410. The Morgan fingerprint density at radius 2 is 1.84 bits per heavy atom. The molecule has 2 heteroatoms. The molecule has 0 aromatic rings. The van der Waals surface area contributed by atoms with Gasteiger partial charge in [-0.3, -0.25) is 4.79 Å². The zero-order valence-electron chi connectivity index (χ0n) is 13.4. The Kier molecular flexibility index (Phi) is 8.79. The third-order valence-electron chi connectivity index (χ3n) is 4.32. The summed E-state index contributed by atoms with van der Waals surface area (Å²) in [6, 6.07) is 0. The lowest BCUT2D eigenvalue weighted by Gasteiger charge is -2.21. The summed E-state index contributed by atoms with van der Waals surface area (Å²) < 4.78 is 0. The number of hydrogen-bond donors (Lipinski definition) is 1. The topological polar surface area (TPSA) is 37.3 Å². The summed E-state index contributed by atoms with van der Waals surface area (Å²) in [6.07, 6.45) is 10.2. The van der Waals surface area contributed by atoms with Crippen molar-refractivity contribution in [3.8, 4) is 0 Å². The number of carboxylic acid groups (broad SMARTS) is 1. The van der Waals surface area contributed by atoms with E-state index in [1.165, 1.54) is 6.42 Å². The first-order valence-electron chi connectivity index (χ1n) is 7.65. The van der Waals surface area contributed by atoms with Crippen molar-refractivity contribution in [2.24, 2.45) is 17.3 Å². The summed E-state index contributed by atoms with van der Waals surface area (Å²) in [5, 5.41) is 8.63. The molecule has 0 spiro atoms. The molecule has 19 heavy (non-hydrogen) atoms. The number of carboxylic acids is 1. The standard InChI is InChI=1S/C17H32O2/c1-6-17(4,5)13-8-7-10-14(2)15(3)11-9-12-16(18)19/h7-8,14-15H,6,9-13H2,1-5H3,(H,18,19)/b8-7-/t14-,15+/m1/s1. The molecule has 112 valence electrons. The van der Waals surface area contributed by atoms with Crippen LogP contribution in [0.15, 0.2) is 12.2 Å². The van der Waals surface area contributed by atoms with Crippen LogP contribution >= 0.6 is 0 Å². The zero-order valence-corrected chi connectivity index (χ0v) is 13.4. The van der Waals surface area contributed by atoms with Crippen LogP contribution in [0.4, 0.5) is 0 Å². The third kappa shape index (κ3) is 9.75. The van der Waals surface area contributed by atoms with E-state index in [-0.39, 0.29) is 0 Å². The minimum absolute atomic E-state index is 0.303. The van der Waals surface area contributed by atoms with Crippen LogP contribution < -0.4 is 0 Å². The first-order chi connectivity index (χ1) is 8.78. The molecule has 0 aliphatic heterocycles. The van der Waals surface area contributed by atoms with E-state index in [9.17, 15) is 4.79 Å². The number of hydrogen-bond acceptors (Lipinski definition) is 1. The monoisotopic (exact) mass is 268 g/mol. The average molecular weight is 268 g/mol. The van der Waals surface area contributed by atoms with E-state index in [0.717, 1.165) is 25.7 Å². The van der Waals surface area contributed by atoms with Gasteiger partial charge in [0, 0.05) is 6.42 Å². The van der Waals surface area contributed by atoms with Crippen LogP contribution in [0.3, 0.4) is 0 Å². The second kappa shape index (κ2) is 9.17. The summed E-state index contributed by atoms with van der Waals surface area (Å²) in [4.78, 5) is 10.5. The quantitative estimate of drug-likeness (QED) is 0.547. The van der Waals surface area contributed by atoms with E-state index < -0.39 is 5.97 Å². The highest BCUT2D eigenvalue weighted by atomic mass is 16.4. The number of rotatable bonds is 10. The van der Waals surface area contributed by atoms with Crippen LogP contribution in [-0.2, 0) is 4.79 Å². The van der Waals surface area contributed by atoms with Crippen molar-refractivity contribution in [3.63, 3.8) is 0 Å². The lowest BCUT2D eigenvalue weighted by atomic mass is 9.85. The number of aliphatic carboxylic acids is 1. The van der Waals surface area contributed by atoms with Crippen LogP contribution in [0, 0.1) is 17.3 Å². The van der Waals surface area contributed by atoms with E-state index in [0.29, 0.717) is 23.7 Å². The Hall–Kier alpha value is -0.790. The molecule has 1 N–H and O–H groups in total. The Balaban J connectivity index is 3.86. The van der Waals surface area contributed by atoms with Gasteiger partial charge in [0.2, 0.25) is 0 Å². The molecule has 0 saturated heterocycles. The van der Waals surface area contributed by atoms with Gasteiger partial charge < -0.3 is 5.11 Å². The molecule has 0 rings (SSSR count). The van der Waals surface area contributed by atoms with E-state index in [4.69, 9.17) is 5.11 Å². The lowest BCUT2D eigenvalue weighted by Crippen LogP contribution is -2.09. The van der Waals surface area contributed by atoms with Gasteiger partial charge in [0.25, 0.3) is 0 Å². The van der Waals surface area contributed by atoms with E-state index in [2.05, 4.69) is 46.8 Å². The Labute approximate surface area is 119 Å². The van der Waals surface area contributed by atoms with Crippen LogP contribution in [-0.4, -0.2) is 11.1 Å². The molecular formula is C17H32O2. The molecule has 2 atom stereocenters. The molecule has 0 radical (unpaired) electrons. The first kappa shape index (κ1) is 18.2. The fraction of sp³-hybridized carbons (Fsp3) is 0.824. The highest BCUT2D eigenvalue weighted by molar-refractivity contribution is 5.66. The average Bonchev–Trinajstić information content (AvgIpc) is 2.33. The van der Waals surface area contributed by atoms with E-state index in [1.807, 2.05) is 0 Å². The second-order valence-corrected chi connectivity index (χ2v) is 6.67. The molecule has 0 heterocycles. The highest BCUT2D eigenvalue weighted by Crippen LogP contribution is 2.26. The Bertz CT molecular complexity index is 279. The molecule has 0 amide bonds. The largest absolute Gasteiger partial charge is 0.481 e.